The molecule has 18 nitrogen and oxygen atoms in total. The first kappa shape index (κ1) is 51.5. The zero-order valence-corrected chi connectivity index (χ0v) is 44.4. The van der Waals surface area contributed by atoms with Crippen molar-refractivity contribution in [2.45, 2.75) is 95.3 Å². The van der Waals surface area contributed by atoms with Crippen LogP contribution in [0.4, 0.5) is 57.7 Å². The molecule has 2 aromatic heterocycles. The molecule has 3 saturated heterocycles. The maximum atomic E-state index is 13.8. The molecule has 4 aromatic carbocycles. The maximum Gasteiger partial charge on any atom is 0.243 e. The van der Waals surface area contributed by atoms with Gasteiger partial charge >= 0.3 is 0 Å². The van der Waals surface area contributed by atoms with Crippen LogP contribution in [-0.4, -0.2) is 116 Å². The molecule has 6 N–H and O–H groups in total. The number of benzene rings is 4. The van der Waals surface area contributed by atoms with E-state index in [1.165, 1.54) is 5.69 Å². The smallest absolute Gasteiger partial charge is 0.243 e. The van der Waals surface area contributed by atoms with E-state index in [0.717, 1.165) is 99.0 Å². The minimum atomic E-state index is -3.87. The lowest BCUT2D eigenvalue weighted by Crippen LogP contribution is -2.46. The molecule has 2 atom stereocenters. The van der Waals surface area contributed by atoms with Gasteiger partial charge in [0.25, 0.3) is 0 Å². The average Bonchev–Trinajstić information content (AvgIpc) is 3.71. The van der Waals surface area contributed by atoms with Crippen molar-refractivity contribution in [1.82, 2.24) is 39.2 Å². The van der Waals surface area contributed by atoms with E-state index >= 15 is 0 Å². The number of aryl methyl sites for hydroxylation is 2. The van der Waals surface area contributed by atoms with Gasteiger partial charge in [0, 0.05) is 134 Å². The van der Waals surface area contributed by atoms with E-state index in [2.05, 4.69) is 80.2 Å². The SMILES string of the molecule is Cc1cnc(Nc2ccc(N3CCNCC3)cc2)nc1Nc1cc(CN2CCN(c3ccc(Nc4ncc(C)c(Nc5cccc(S(=O)(=O)N6C(C)CCC6C)c5)n4)cc3)CC2)cc(S(=O)(=O)NC(C)(C)C)c1. The molecular formula is C53H68N14O4S2. The highest BCUT2D eigenvalue weighted by molar-refractivity contribution is 7.89. The van der Waals surface area contributed by atoms with Crippen molar-refractivity contribution >= 4 is 77.7 Å². The monoisotopic (exact) mass is 1030 g/mol. The molecule has 20 heteroatoms. The van der Waals surface area contributed by atoms with E-state index in [-0.39, 0.29) is 21.9 Å². The number of aromatic nitrogens is 4. The summed E-state index contributed by atoms with van der Waals surface area (Å²) in [6, 6.07) is 28.6. The highest BCUT2D eigenvalue weighted by Crippen LogP contribution is 2.33. The molecule has 0 radical (unpaired) electrons. The van der Waals surface area contributed by atoms with Gasteiger partial charge in [0.2, 0.25) is 31.9 Å². The van der Waals surface area contributed by atoms with Crippen molar-refractivity contribution in [2.24, 2.45) is 0 Å². The average molecular weight is 1030 g/mol. The third-order valence-electron chi connectivity index (χ3n) is 13.3. The second-order valence-corrected chi connectivity index (χ2v) is 23.9. The Bertz CT molecular complexity index is 3110. The summed E-state index contributed by atoms with van der Waals surface area (Å²) in [4.78, 5) is 26.1. The fourth-order valence-electron chi connectivity index (χ4n) is 9.59. The summed E-state index contributed by atoms with van der Waals surface area (Å²) in [6.07, 6.45) is 5.18. The van der Waals surface area contributed by atoms with Gasteiger partial charge in [-0.05, 0) is 152 Å². The van der Waals surface area contributed by atoms with Gasteiger partial charge in [0.05, 0.1) is 9.79 Å². The van der Waals surface area contributed by atoms with Gasteiger partial charge in [-0.3, -0.25) is 4.90 Å². The fraction of sp³-hybridized carbons (Fsp3) is 0.396. The van der Waals surface area contributed by atoms with E-state index in [1.54, 1.807) is 47.0 Å². The molecule has 3 aliphatic rings. The number of nitrogens with one attached hydrogen (secondary N) is 6. The molecule has 0 spiro atoms. The number of sulfonamides is 2. The zero-order valence-electron chi connectivity index (χ0n) is 42.8. The van der Waals surface area contributed by atoms with Gasteiger partial charge in [-0.1, -0.05) is 6.07 Å². The highest BCUT2D eigenvalue weighted by Gasteiger charge is 2.38. The summed E-state index contributed by atoms with van der Waals surface area (Å²) in [5.74, 6) is 1.96. The topological polar surface area (TPSA) is 205 Å². The van der Waals surface area contributed by atoms with Crippen LogP contribution in [0.25, 0.3) is 0 Å². The normalized spacial score (nSPS) is 18.2. The van der Waals surface area contributed by atoms with E-state index in [0.29, 0.717) is 41.5 Å². The van der Waals surface area contributed by atoms with Crippen LogP contribution in [0.5, 0.6) is 0 Å². The Morgan fingerprint density at radius 1 is 0.603 bits per heavy atom. The van der Waals surface area contributed by atoms with Crippen LogP contribution in [0.3, 0.4) is 0 Å². The predicted molar refractivity (Wildman–Crippen MR) is 292 cm³/mol. The summed E-state index contributed by atoms with van der Waals surface area (Å²) in [5.41, 5.74) is 6.97. The van der Waals surface area contributed by atoms with Crippen LogP contribution in [0.2, 0.25) is 0 Å². The molecular weight excluding hydrogens is 961 g/mol. The van der Waals surface area contributed by atoms with Gasteiger partial charge in [-0.2, -0.15) is 14.3 Å². The van der Waals surface area contributed by atoms with Crippen LogP contribution in [0.15, 0.2) is 113 Å². The minimum Gasteiger partial charge on any atom is -0.369 e. The third kappa shape index (κ3) is 12.7. The Morgan fingerprint density at radius 3 is 1.67 bits per heavy atom. The quantitative estimate of drug-likeness (QED) is 0.0540. The number of anilines is 10. The number of rotatable bonds is 16. The van der Waals surface area contributed by atoms with Crippen molar-refractivity contribution < 1.29 is 16.8 Å². The van der Waals surface area contributed by atoms with Gasteiger partial charge in [-0.15, -0.1) is 0 Å². The van der Waals surface area contributed by atoms with Crippen molar-refractivity contribution in [1.29, 1.82) is 0 Å². The first-order chi connectivity index (χ1) is 34.8. The minimum absolute atomic E-state index is 0.0437. The summed E-state index contributed by atoms with van der Waals surface area (Å²) in [7, 11) is -7.53. The summed E-state index contributed by atoms with van der Waals surface area (Å²) >= 11 is 0. The highest BCUT2D eigenvalue weighted by atomic mass is 32.2. The molecule has 3 fully saturated rings. The maximum absolute atomic E-state index is 13.8. The molecule has 2 unspecified atom stereocenters. The largest absolute Gasteiger partial charge is 0.369 e. The lowest BCUT2D eigenvalue weighted by Gasteiger charge is -2.36. The van der Waals surface area contributed by atoms with E-state index in [1.807, 2.05) is 84.9 Å². The Labute approximate surface area is 430 Å². The number of hydrogen-bond acceptors (Lipinski definition) is 16. The Balaban J connectivity index is 0.832. The Morgan fingerprint density at radius 2 is 1.12 bits per heavy atom. The fourth-order valence-corrected chi connectivity index (χ4v) is 13.0. The van der Waals surface area contributed by atoms with Crippen molar-refractivity contribution in [3.05, 3.63) is 120 Å². The molecule has 5 heterocycles. The first-order valence-electron chi connectivity index (χ1n) is 25.1. The second-order valence-electron chi connectivity index (χ2n) is 20.4. The van der Waals surface area contributed by atoms with Crippen molar-refractivity contribution in [2.75, 3.05) is 83.4 Å². The number of piperazine rings is 2. The molecule has 9 rings (SSSR count). The molecule has 0 amide bonds. The van der Waals surface area contributed by atoms with Crippen LogP contribution in [-0.2, 0) is 26.6 Å². The lowest BCUT2D eigenvalue weighted by molar-refractivity contribution is 0.250. The van der Waals surface area contributed by atoms with Crippen molar-refractivity contribution in [3.8, 4) is 0 Å². The third-order valence-corrected chi connectivity index (χ3v) is 17.2. The van der Waals surface area contributed by atoms with E-state index in [9.17, 15) is 16.8 Å². The molecule has 0 aliphatic carbocycles. The van der Waals surface area contributed by atoms with E-state index in [4.69, 9.17) is 9.97 Å². The van der Waals surface area contributed by atoms with Crippen LogP contribution < -0.4 is 41.1 Å². The summed E-state index contributed by atoms with van der Waals surface area (Å²) in [5, 5.41) is 16.8. The molecule has 73 heavy (non-hydrogen) atoms. The van der Waals surface area contributed by atoms with Gasteiger partial charge in [-0.25, -0.2) is 31.5 Å². The van der Waals surface area contributed by atoms with Crippen LogP contribution in [0.1, 0.15) is 64.2 Å². The molecule has 6 aromatic rings. The lowest BCUT2D eigenvalue weighted by atomic mass is 10.1. The number of nitrogens with zero attached hydrogens (tertiary/aromatic N) is 8. The Hall–Kier alpha value is -6.42. The number of hydrogen-bond donors (Lipinski definition) is 6. The van der Waals surface area contributed by atoms with Crippen LogP contribution in [0, 0.1) is 13.8 Å². The standard InChI is InChI=1S/C53H68N14O4S2/c1-36-33-55-51(61-49(36)57-43-9-8-10-47(31-43)73(70,71)67-38(3)11-12-39(67)4)59-42-15-19-46(20-16-42)66-27-25-64(26-28-66)35-40-29-44(32-48(30-40)72(68,69)63-53(5,6)7)58-50-37(2)34-56-52(62-50)60-41-13-17-45(18-14-41)65-23-21-54-22-24-65/h8-10,13-20,29-34,38-39,54,63H,11-12,21-28,35H2,1-7H3,(H2,55,57,59,61)(H2,56,58,60,62). The first-order valence-corrected chi connectivity index (χ1v) is 28.0. The molecule has 0 saturated carbocycles. The molecule has 3 aliphatic heterocycles. The summed E-state index contributed by atoms with van der Waals surface area (Å²) < 4.78 is 59.4. The molecule has 0 bridgehead atoms. The van der Waals surface area contributed by atoms with E-state index < -0.39 is 25.6 Å². The van der Waals surface area contributed by atoms with Crippen LogP contribution >= 0.6 is 0 Å². The van der Waals surface area contributed by atoms with Gasteiger partial charge in [0.15, 0.2) is 0 Å². The molecule has 386 valence electrons. The second kappa shape index (κ2) is 21.6. The van der Waals surface area contributed by atoms with Gasteiger partial charge in [0.1, 0.15) is 11.6 Å². The van der Waals surface area contributed by atoms with Gasteiger partial charge < -0.3 is 36.4 Å². The zero-order chi connectivity index (χ0) is 51.5. The predicted octanol–water partition coefficient (Wildman–Crippen LogP) is 8.23. The summed E-state index contributed by atoms with van der Waals surface area (Å²) in [6.45, 7) is 20.8. The van der Waals surface area contributed by atoms with Crippen molar-refractivity contribution in [3.63, 3.8) is 0 Å². The Kier molecular flexibility index (Phi) is 15.2.